The van der Waals surface area contributed by atoms with Crippen LogP contribution >= 0.6 is 0 Å². The van der Waals surface area contributed by atoms with E-state index in [2.05, 4.69) is 4.90 Å². The van der Waals surface area contributed by atoms with Crippen LogP contribution in [0.15, 0.2) is 0 Å². The molecule has 1 aliphatic rings. The minimum atomic E-state index is -0.796. The number of ketones is 1. The van der Waals surface area contributed by atoms with E-state index < -0.39 is 11.7 Å². The molecule has 1 rings (SSSR count). The topological polar surface area (TPSA) is 63.4 Å². The van der Waals surface area contributed by atoms with Crippen LogP contribution in [-0.2, 0) is 9.59 Å². The monoisotopic (exact) mass is 170 g/mol. The van der Waals surface area contributed by atoms with Crippen LogP contribution in [0.5, 0.6) is 0 Å². The van der Waals surface area contributed by atoms with Gasteiger partial charge in [0.15, 0.2) is 0 Å². The normalized spacial score (nSPS) is 25.2. The Labute approximate surface area is 71.7 Å². The second kappa shape index (κ2) is 3.67. The van der Waals surface area contributed by atoms with E-state index in [1.165, 1.54) is 0 Å². The summed E-state index contributed by atoms with van der Waals surface area (Å²) in [4.78, 5) is 23.8. The Hall–Kier alpha value is -0.900. The van der Waals surface area contributed by atoms with Gasteiger partial charge in [-0.05, 0) is 26.4 Å². The lowest BCUT2D eigenvalue weighted by Crippen LogP contribution is -2.40. The van der Waals surface area contributed by atoms with Crippen LogP contribution in [0.1, 0.15) is 12.8 Å². The third-order valence-electron chi connectivity index (χ3n) is 2.24. The van der Waals surface area contributed by atoms with Crippen molar-refractivity contribution in [3.05, 3.63) is 0 Å². The molecule has 1 aliphatic heterocycles. The zero-order valence-corrected chi connectivity index (χ0v) is 7.25. The molecule has 0 aliphatic carbocycles. The molecule has 1 unspecified atom stereocenters. The Morgan fingerprint density at radius 2 is 2.17 bits per heavy atom. The summed E-state index contributed by atoms with van der Waals surface area (Å²) >= 11 is 0. The van der Waals surface area contributed by atoms with E-state index in [0.29, 0.717) is 6.54 Å². The number of carbonyl (C=O) groups is 2. The molecule has 1 amide bonds. The molecule has 0 aromatic carbocycles. The van der Waals surface area contributed by atoms with Crippen LogP contribution in [0.4, 0.5) is 0 Å². The van der Waals surface area contributed by atoms with Crippen LogP contribution in [0.25, 0.3) is 0 Å². The fourth-order valence-corrected chi connectivity index (χ4v) is 1.58. The maximum atomic E-state index is 11.1. The summed E-state index contributed by atoms with van der Waals surface area (Å²) in [5, 5.41) is 0. The zero-order valence-electron chi connectivity index (χ0n) is 7.25. The molecule has 1 heterocycles. The lowest BCUT2D eigenvalue weighted by atomic mass is 9.94. The lowest BCUT2D eigenvalue weighted by Gasteiger charge is -2.27. The van der Waals surface area contributed by atoms with Crippen molar-refractivity contribution < 1.29 is 9.59 Å². The average Bonchev–Trinajstić information content (AvgIpc) is 2.03. The molecule has 4 nitrogen and oxygen atoms in total. The van der Waals surface area contributed by atoms with E-state index in [-0.39, 0.29) is 5.92 Å². The number of nitrogens with zero attached hydrogens (tertiary/aromatic N) is 1. The zero-order chi connectivity index (χ0) is 9.14. The SMILES string of the molecule is CN1CCCC(C(=O)C(N)=O)C1. The summed E-state index contributed by atoms with van der Waals surface area (Å²) in [5.41, 5.74) is 4.91. The number of primary amides is 1. The van der Waals surface area contributed by atoms with Gasteiger partial charge in [-0.2, -0.15) is 0 Å². The Balaban J connectivity index is 2.51. The number of Topliss-reactive ketones (excluding diaryl/α,β-unsaturated/α-hetero) is 1. The number of carbonyl (C=O) groups excluding carboxylic acids is 2. The first kappa shape index (κ1) is 9.19. The van der Waals surface area contributed by atoms with Gasteiger partial charge in [0.1, 0.15) is 0 Å². The van der Waals surface area contributed by atoms with Crippen LogP contribution in [0, 0.1) is 5.92 Å². The Morgan fingerprint density at radius 1 is 1.50 bits per heavy atom. The number of piperidine rings is 1. The molecule has 2 N–H and O–H groups in total. The molecule has 0 bridgehead atoms. The Bertz CT molecular complexity index is 203. The number of hydrogen-bond acceptors (Lipinski definition) is 3. The van der Waals surface area contributed by atoms with Crippen molar-refractivity contribution in [3.63, 3.8) is 0 Å². The highest BCUT2D eigenvalue weighted by atomic mass is 16.2. The third-order valence-corrected chi connectivity index (χ3v) is 2.24. The highest BCUT2D eigenvalue weighted by Crippen LogP contribution is 2.15. The van der Waals surface area contributed by atoms with E-state index in [4.69, 9.17) is 5.73 Å². The van der Waals surface area contributed by atoms with Gasteiger partial charge >= 0.3 is 0 Å². The van der Waals surface area contributed by atoms with E-state index >= 15 is 0 Å². The first-order valence-electron chi connectivity index (χ1n) is 4.13. The predicted octanol–water partition coefficient (Wildman–Crippen LogP) is -0.617. The van der Waals surface area contributed by atoms with Gasteiger partial charge in [-0.15, -0.1) is 0 Å². The van der Waals surface area contributed by atoms with Crippen LogP contribution in [-0.4, -0.2) is 36.7 Å². The van der Waals surface area contributed by atoms with E-state index in [1.807, 2.05) is 7.05 Å². The molecular formula is C8H14N2O2. The summed E-state index contributed by atoms with van der Waals surface area (Å²) in [6.07, 6.45) is 1.77. The summed E-state index contributed by atoms with van der Waals surface area (Å²) in [6.45, 7) is 1.67. The van der Waals surface area contributed by atoms with Crippen molar-refractivity contribution >= 4 is 11.7 Å². The van der Waals surface area contributed by atoms with Gasteiger partial charge in [0, 0.05) is 12.5 Å². The van der Waals surface area contributed by atoms with Gasteiger partial charge in [0.25, 0.3) is 5.91 Å². The lowest BCUT2D eigenvalue weighted by molar-refractivity contribution is -0.139. The van der Waals surface area contributed by atoms with Gasteiger partial charge in [-0.25, -0.2) is 0 Å². The molecule has 12 heavy (non-hydrogen) atoms. The summed E-state index contributed by atoms with van der Waals surface area (Å²) in [7, 11) is 1.94. The van der Waals surface area contributed by atoms with Crippen LogP contribution in [0.3, 0.4) is 0 Å². The van der Waals surface area contributed by atoms with E-state index in [1.54, 1.807) is 0 Å². The molecule has 68 valence electrons. The second-order valence-electron chi connectivity index (χ2n) is 3.33. The van der Waals surface area contributed by atoms with E-state index in [9.17, 15) is 9.59 Å². The molecule has 0 spiro atoms. The largest absolute Gasteiger partial charge is 0.363 e. The van der Waals surface area contributed by atoms with Crippen molar-refractivity contribution in [3.8, 4) is 0 Å². The maximum Gasteiger partial charge on any atom is 0.285 e. The summed E-state index contributed by atoms with van der Waals surface area (Å²) in [6, 6.07) is 0. The fourth-order valence-electron chi connectivity index (χ4n) is 1.58. The van der Waals surface area contributed by atoms with Gasteiger partial charge in [0.05, 0.1) is 0 Å². The third kappa shape index (κ3) is 2.04. The maximum absolute atomic E-state index is 11.1. The summed E-state index contributed by atoms with van der Waals surface area (Å²) < 4.78 is 0. The van der Waals surface area contributed by atoms with Crippen LogP contribution in [0.2, 0.25) is 0 Å². The number of nitrogens with two attached hydrogens (primary N) is 1. The van der Waals surface area contributed by atoms with Crippen molar-refractivity contribution in [2.75, 3.05) is 20.1 Å². The molecule has 1 atom stereocenters. The highest BCUT2D eigenvalue weighted by Gasteiger charge is 2.26. The molecular weight excluding hydrogens is 156 g/mol. The van der Waals surface area contributed by atoms with Gasteiger partial charge in [-0.3, -0.25) is 9.59 Å². The number of rotatable bonds is 2. The summed E-state index contributed by atoms with van der Waals surface area (Å²) in [5.74, 6) is -1.38. The Kier molecular flexibility index (Phi) is 2.81. The number of amides is 1. The van der Waals surface area contributed by atoms with Crippen molar-refractivity contribution in [1.29, 1.82) is 0 Å². The molecule has 0 radical (unpaired) electrons. The molecule has 0 saturated carbocycles. The predicted molar refractivity (Wildman–Crippen MR) is 44.4 cm³/mol. The van der Waals surface area contributed by atoms with E-state index in [0.717, 1.165) is 19.4 Å². The average molecular weight is 170 g/mol. The van der Waals surface area contributed by atoms with Gasteiger partial charge in [0.2, 0.25) is 5.78 Å². The molecule has 1 fully saturated rings. The van der Waals surface area contributed by atoms with Crippen molar-refractivity contribution in [2.45, 2.75) is 12.8 Å². The molecule has 4 heteroatoms. The van der Waals surface area contributed by atoms with Gasteiger partial charge < -0.3 is 10.6 Å². The molecule has 0 aromatic rings. The highest BCUT2D eigenvalue weighted by molar-refractivity contribution is 6.36. The molecule has 1 saturated heterocycles. The second-order valence-corrected chi connectivity index (χ2v) is 3.33. The molecule has 0 aromatic heterocycles. The minimum absolute atomic E-state index is 0.166. The minimum Gasteiger partial charge on any atom is -0.363 e. The standard InChI is InChI=1S/C8H14N2O2/c1-10-4-2-3-6(5-10)7(11)8(9)12/h6H,2-5H2,1H3,(H2,9,12). The number of hydrogen-bond donors (Lipinski definition) is 1. The van der Waals surface area contributed by atoms with Gasteiger partial charge in [-0.1, -0.05) is 0 Å². The van der Waals surface area contributed by atoms with Crippen LogP contribution < -0.4 is 5.73 Å². The van der Waals surface area contributed by atoms with Crippen molar-refractivity contribution in [2.24, 2.45) is 11.7 Å². The smallest absolute Gasteiger partial charge is 0.285 e. The Morgan fingerprint density at radius 3 is 2.67 bits per heavy atom. The fraction of sp³-hybridized carbons (Fsp3) is 0.750. The van der Waals surface area contributed by atoms with Crippen molar-refractivity contribution in [1.82, 2.24) is 4.90 Å². The first-order valence-corrected chi connectivity index (χ1v) is 4.13. The number of likely N-dealkylation sites (tertiary alicyclic amines) is 1. The quantitative estimate of drug-likeness (QED) is 0.562. The first-order chi connectivity index (χ1) is 5.61.